The molecule has 1 heterocycles. The molecular weight excluding hydrogens is 466 g/mol. The van der Waals surface area contributed by atoms with Crippen LogP contribution in [0.5, 0.6) is 0 Å². The van der Waals surface area contributed by atoms with Gasteiger partial charge in [-0.1, -0.05) is 47.1 Å². The number of fused-ring (bicyclic) bond motifs is 9. The number of hydrogen-bond acceptors (Lipinski definition) is 6. The number of epoxide rings is 1. The number of hydrogen-bond donors (Lipinski definition) is 0. The largest absolute Gasteiger partial charge is 0.469 e. The SMILES string of the molecule is COC(=O)[C@@]12CCC3C(C(=O)C=C4[C@@]5(C)[C@H]6O[C@@]6(C#N)C(=O)C(C)(C)[C@@H]5CC[C@]43C)C1CC(C)(C)CC2. The molecule has 3 unspecified atom stereocenters. The molecule has 0 aromatic carbocycles. The first-order valence-electron chi connectivity index (χ1n) is 14.1. The molecule has 0 radical (unpaired) electrons. The number of ketones is 2. The van der Waals surface area contributed by atoms with Crippen LogP contribution >= 0.6 is 0 Å². The van der Waals surface area contributed by atoms with E-state index in [4.69, 9.17) is 9.47 Å². The fourth-order valence-corrected chi connectivity index (χ4v) is 10.7. The van der Waals surface area contributed by atoms with Gasteiger partial charge < -0.3 is 9.47 Å². The topological polar surface area (TPSA) is 96.8 Å². The normalized spacial score (nSPS) is 50.6. The van der Waals surface area contributed by atoms with Gasteiger partial charge in [-0.15, -0.1) is 0 Å². The van der Waals surface area contributed by atoms with E-state index in [0.717, 1.165) is 50.5 Å². The van der Waals surface area contributed by atoms with Crippen molar-refractivity contribution in [2.24, 2.45) is 50.7 Å². The van der Waals surface area contributed by atoms with Gasteiger partial charge in [0, 0.05) is 16.7 Å². The monoisotopic (exact) mass is 507 g/mol. The van der Waals surface area contributed by atoms with Crippen LogP contribution in [0, 0.1) is 62.1 Å². The third-order valence-electron chi connectivity index (χ3n) is 12.5. The molecular formula is C31H41NO5. The average Bonchev–Trinajstić information content (AvgIpc) is 3.60. The van der Waals surface area contributed by atoms with E-state index in [9.17, 15) is 19.6 Å². The zero-order valence-electron chi connectivity index (χ0n) is 23.4. The summed E-state index contributed by atoms with van der Waals surface area (Å²) in [5.41, 5.74) is -2.32. The summed E-state index contributed by atoms with van der Waals surface area (Å²) in [6.45, 7) is 12.9. The molecule has 5 aliphatic carbocycles. The van der Waals surface area contributed by atoms with E-state index in [1.165, 1.54) is 7.11 Å². The highest BCUT2D eigenvalue weighted by atomic mass is 16.6. The van der Waals surface area contributed by atoms with Gasteiger partial charge in [-0.2, -0.15) is 5.26 Å². The van der Waals surface area contributed by atoms with Crippen molar-refractivity contribution in [2.75, 3.05) is 7.11 Å². The Labute approximate surface area is 220 Å². The molecule has 6 heteroatoms. The molecule has 0 aromatic heterocycles. The molecule has 0 aromatic rings. The molecule has 200 valence electrons. The first kappa shape index (κ1) is 25.3. The number of Topliss-reactive ketones (excluding diaryl/α,β-unsaturated/α-hetero) is 1. The predicted molar refractivity (Wildman–Crippen MR) is 136 cm³/mol. The Morgan fingerprint density at radius 1 is 1.03 bits per heavy atom. The molecule has 4 saturated carbocycles. The highest BCUT2D eigenvalue weighted by molar-refractivity contribution is 6.01. The van der Waals surface area contributed by atoms with Crippen molar-refractivity contribution in [3.8, 4) is 6.07 Å². The average molecular weight is 508 g/mol. The molecule has 0 spiro atoms. The van der Waals surface area contributed by atoms with Gasteiger partial charge in [0.15, 0.2) is 11.6 Å². The van der Waals surface area contributed by atoms with Crippen LogP contribution in [0.3, 0.4) is 0 Å². The minimum Gasteiger partial charge on any atom is -0.469 e. The second-order valence-electron chi connectivity index (χ2n) is 14.9. The van der Waals surface area contributed by atoms with Crippen molar-refractivity contribution in [3.05, 3.63) is 11.6 Å². The number of ether oxygens (including phenoxy) is 2. The van der Waals surface area contributed by atoms with Crippen LogP contribution in [0.15, 0.2) is 11.6 Å². The minimum atomic E-state index is -1.40. The molecule has 0 N–H and O–H groups in total. The van der Waals surface area contributed by atoms with Gasteiger partial charge in [0.1, 0.15) is 12.2 Å². The van der Waals surface area contributed by atoms with Gasteiger partial charge in [0.25, 0.3) is 0 Å². The van der Waals surface area contributed by atoms with Crippen molar-refractivity contribution in [3.63, 3.8) is 0 Å². The van der Waals surface area contributed by atoms with Crippen LogP contribution in [0.4, 0.5) is 0 Å². The lowest BCUT2D eigenvalue weighted by atomic mass is 9.37. The first-order chi connectivity index (χ1) is 17.2. The Hall–Kier alpha value is -2.00. The number of allylic oxidation sites excluding steroid dienone is 1. The zero-order valence-corrected chi connectivity index (χ0v) is 23.4. The van der Waals surface area contributed by atoms with Gasteiger partial charge in [-0.25, -0.2) is 0 Å². The van der Waals surface area contributed by atoms with Crippen LogP contribution in [0.2, 0.25) is 0 Å². The first-order valence-corrected chi connectivity index (χ1v) is 14.1. The molecule has 1 saturated heterocycles. The molecule has 6 aliphatic rings. The number of esters is 1. The van der Waals surface area contributed by atoms with E-state index in [-0.39, 0.29) is 52.0 Å². The Kier molecular flexibility index (Phi) is 4.88. The number of carbonyl (C=O) groups is 3. The lowest BCUT2D eigenvalue weighted by Gasteiger charge is -2.65. The van der Waals surface area contributed by atoms with Crippen LogP contribution < -0.4 is 0 Å². The molecule has 0 amide bonds. The van der Waals surface area contributed by atoms with E-state index in [1.54, 1.807) is 0 Å². The molecule has 5 fully saturated rings. The number of carbonyl (C=O) groups excluding carboxylic acids is 3. The molecule has 1 aliphatic heterocycles. The van der Waals surface area contributed by atoms with E-state index < -0.39 is 27.9 Å². The van der Waals surface area contributed by atoms with Gasteiger partial charge in [-0.3, -0.25) is 14.4 Å². The number of nitriles is 1. The Bertz CT molecular complexity index is 1190. The summed E-state index contributed by atoms with van der Waals surface area (Å²) in [6.07, 6.45) is 7.29. The lowest BCUT2D eigenvalue weighted by Crippen LogP contribution is -2.65. The number of methoxy groups -OCH3 is 1. The van der Waals surface area contributed by atoms with Gasteiger partial charge >= 0.3 is 5.97 Å². The van der Waals surface area contributed by atoms with Gasteiger partial charge in [0.2, 0.25) is 5.60 Å². The molecule has 6 nitrogen and oxygen atoms in total. The van der Waals surface area contributed by atoms with Crippen LogP contribution in [0.1, 0.15) is 86.5 Å². The number of nitrogens with zero attached hydrogens (tertiary/aromatic N) is 1. The summed E-state index contributed by atoms with van der Waals surface area (Å²) in [7, 11) is 1.48. The maximum Gasteiger partial charge on any atom is 0.312 e. The Morgan fingerprint density at radius 3 is 2.38 bits per heavy atom. The van der Waals surface area contributed by atoms with Crippen LogP contribution in [-0.2, 0) is 23.9 Å². The zero-order chi connectivity index (χ0) is 27.0. The highest BCUT2D eigenvalue weighted by Crippen LogP contribution is 2.75. The van der Waals surface area contributed by atoms with Gasteiger partial charge in [0.05, 0.1) is 12.5 Å². The lowest BCUT2D eigenvalue weighted by molar-refractivity contribution is -0.178. The maximum atomic E-state index is 14.3. The van der Waals surface area contributed by atoms with E-state index in [0.29, 0.717) is 0 Å². The third-order valence-corrected chi connectivity index (χ3v) is 12.5. The summed E-state index contributed by atoms with van der Waals surface area (Å²) in [6, 6.07) is 2.23. The quantitative estimate of drug-likeness (QED) is 0.357. The third kappa shape index (κ3) is 2.78. The Morgan fingerprint density at radius 2 is 1.73 bits per heavy atom. The summed E-state index contributed by atoms with van der Waals surface area (Å²) >= 11 is 0. The van der Waals surface area contributed by atoms with Crippen molar-refractivity contribution >= 4 is 17.5 Å². The van der Waals surface area contributed by atoms with Crippen LogP contribution in [-0.4, -0.2) is 36.4 Å². The van der Waals surface area contributed by atoms with Crippen molar-refractivity contribution < 1.29 is 23.9 Å². The summed E-state index contributed by atoms with van der Waals surface area (Å²) in [4.78, 5) is 41.0. The fraction of sp³-hybridized carbons (Fsp3) is 0.806. The summed E-state index contributed by atoms with van der Waals surface area (Å²) in [5.74, 6) is -0.234. The fourth-order valence-electron chi connectivity index (χ4n) is 10.7. The molecule has 9 atom stereocenters. The van der Waals surface area contributed by atoms with Crippen molar-refractivity contribution in [1.29, 1.82) is 5.26 Å². The Balaban J connectivity index is 1.48. The second kappa shape index (κ2) is 7.14. The molecule has 0 bridgehead atoms. The van der Waals surface area contributed by atoms with Crippen molar-refractivity contribution in [1.82, 2.24) is 0 Å². The van der Waals surface area contributed by atoms with Crippen molar-refractivity contribution in [2.45, 2.75) is 98.2 Å². The maximum absolute atomic E-state index is 14.3. The summed E-state index contributed by atoms with van der Waals surface area (Å²) in [5, 5.41) is 10.1. The van der Waals surface area contributed by atoms with E-state index >= 15 is 0 Å². The predicted octanol–water partition coefficient (Wildman–Crippen LogP) is 5.20. The molecule has 6 rings (SSSR count). The smallest absolute Gasteiger partial charge is 0.312 e. The van der Waals surface area contributed by atoms with E-state index in [1.807, 2.05) is 19.9 Å². The van der Waals surface area contributed by atoms with Gasteiger partial charge in [-0.05, 0) is 79.6 Å². The van der Waals surface area contributed by atoms with E-state index in [2.05, 4.69) is 33.8 Å². The van der Waals surface area contributed by atoms with Crippen LogP contribution in [0.25, 0.3) is 0 Å². The number of rotatable bonds is 1. The molecule has 37 heavy (non-hydrogen) atoms. The highest BCUT2D eigenvalue weighted by Gasteiger charge is 2.82. The summed E-state index contributed by atoms with van der Waals surface area (Å²) < 4.78 is 11.4. The minimum absolute atomic E-state index is 0.0107. The second-order valence-corrected chi connectivity index (χ2v) is 14.9. The standard InChI is InChI=1S/C31H41NO5/c1-26(2)12-13-30(25(35)36-7)11-8-17-22(18(30)15-26)19(33)14-21-28(17,5)10-9-20-27(3,4)23(34)31(16-32)24(37-31)29(20,21)6/h14,17-18,20,22,24H,8-13,15H2,1-7H3/t17?,18?,20-,22?,24+,28-,29-,30+,31-/m0/s1.